The normalized spacial score (nSPS) is 11.1. The maximum Gasteiger partial charge on any atom is 0.171 e. The van der Waals surface area contributed by atoms with Gasteiger partial charge in [0.25, 0.3) is 0 Å². The van der Waals surface area contributed by atoms with Gasteiger partial charge < -0.3 is 5.32 Å². The molecule has 98 valence electrons. The smallest absolute Gasteiger partial charge is 0.171 e. The van der Waals surface area contributed by atoms with Crippen LogP contribution >= 0.6 is 0 Å². The minimum Gasteiger partial charge on any atom is -0.340 e. The van der Waals surface area contributed by atoms with Crippen LogP contribution < -0.4 is 5.32 Å². The molecule has 19 heavy (non-hydrogen) atoms. The van der Waals surface area contributed by atoms with E-state index in [-0.39, 0.29) is 5.78 Å². The lowest BCUT2D eigenvalue weighted by Crippen LogP contribution is -2.21. The molecule has 0 aliphatic carbocycles. The lowest BCUT2D eigenvalue weighted by molar-refractivity contribution is 0.0859. The van der Waals surface area contributed by atoms with Crippen molar-refractivity contribution in [2.24, 2.45) is 5.41 Å². The van der Waals surface area contributed by atoms with Crippen LogP contribution in [0.4, 0.5) is 11.5 Å². The molecular weight excluding hydrogens is 236 g/mol. The van der Waals surface area contributed by atoms with Gasteiger partial charge in [0.1, 0.15) is 5.82 Å². The van der Waals surface area contributed by atoms with Gasteiger partial charge in [0, 0.05) is 17.3 Å². The molecule has 0 amide bonds. The number of benzene rings is 1. The second kappa shape index (κ2) is 5.22. The Morgan fingerprint density at radius 2 is 1.74 bits per heavy atom. The summed E-state index contributed by atoms with van der Waals surface area (Å²) in [4.78, 5) is 16.7. The number of rotatable bonds is 3. The molecule has 0 atom stereocenters. The van der Waals surface area contributed by atoms with Crippen molar-refractivity contribution in [2.75, 3.05) is 5.32 Å². The molecule has 2 aromatic rings. The fourth-order valence-electron chi connectivity index (χ4n) is 1.75. The van der Waals surface area contributed by atoms with Gasteiger partial charge in [-0.05, 0) is 24.3 Å². The first kappa shape index (κ1) is 13.3. The Labute approximate surface area is 113 Å². The summed E-state index contributed by atoms with van der Waals surface area (Å²) in [5, 5.41) is 3.19. The first-order valence-corrected chi connectivity index (χ1v) is 6.30. The van der Waals surface area contributed by atoms with E-state index in [1.807, 2.05) is 57.2 Å². The number of carbonyl (C=O) groups is 1. The SMILES string of the molecule is CC(C)(C)C(=O)c1cccnc1Nc1ccccc1. The maximum absolute atomic E-state index is 12.4. The number of pyridine rings is 1. The van der Waals surface area contributed by atoms with Gasteiger partial charge in [-0.3, -0.25) is 4.79 Å². The lowest BCUT2D eigenvalue weighted by Gasteiger charge is -2.18. The van der Waals surface area contributed by atoms with Gasteiger partial charge >= 0.3 is 0 Å². The third kappa shape index (κ3) is 3.19. The largest absolute Gasteiger partial charge is 0.340 e. The molecule has 0 unspecified atom stereocenters. The van der Waals surface area contributed by atoms with Gasteiger partial charge in [-0.25, -0.2) is 4.98 Å². The average Bonchev–Trinajstić information content (AvgIpc) is 2.39. The zero-order chi connectivity index (χ0) is 13.9. The van der Waals surface area contributed by atoms with Crippen molar-refractivity contribution in [1.29, 1.82) is 0 Å². The third-order valence-corrected chi connectivity index (χ3v) is 2.77. The highest BCUT2D eigenvalue weighted by Gasteiger charge is 2.25. The molecule has 0 spiro atoms. The van der Waals surface area contributed by atoms with Crippen molar-refractivity contribution in [2.45, 2.75) is 20.8 Å². The minimum atomic E-state index is -0.420. The van der Waals surface area contributed by atoms with Crippen molar-refractivity contribution in [1.82, 2.24) is 4.98 Å². The standard InChI is InChI=1S/C16H18N2O/c1-16(2,3)14(19)13-10-7-11-17-15(13)18-12-8-5-4-6-9-12/h4-11H,1-3H3,(H,17,18). The number of hydrogen-bond donors (Lipinski definition) is 1. The zero-order valence-corrected chi connectivity index (χ0v) is 11.5. The molecule has 1 N–H and O–H groups in total. The van der Waals surface area contributed by atoms with E-state index in [9.17, 15) is 4.79 Å². The van der Waals surface area contributed by atoms with Crippen molar-refractivity contribution < 1.29 is 4.79 Å². The monoisotopic (exact) mass is 254 g/mol. The second-order valence-electron chi connectivity index (χ2n) is 5.47. The summed E-state index contributed by atoms with van der Waals surface area (Å²) in [7, 11) is 0. The molecule has 0 aliphatic rings. The van der Waals surface area contributed by atoms with E-state index in [4.69, 9.17) is 0 Å². The first-order valence-electron chi connectivity index (χ1n) is 6.30. The number of nitrogens with zero attached hydrogens (tertiary/aromatic N) is 1. The Morgan fingerprint density at radius 3 is 2.37 bits per heavy atom. The summed E-state index contributed by atoms with van der Waals surface area (Å²) in [6, 6.07) is 13.3. The highest BCUT2D eigenvalue weighted by Crippen LogP contribution is 2.26. The molecule has 1 aromatic carbocycles. The van der Waals surface area contributed by atoms with Crippen LogP contribution in [0, 0.1) is 5.41 Å². The molecule has 3 heteroatoms. The fraction of sp³-hybridized carbons (Fsp3) is 0.250. The van der Waals surface area contributed by atoms with Crippen molar-refractivity contribution in [3.8, 4) is 0 Å². The van der Waals surface area contributed by atoms with Crippen LogP contribution in [-0.4, -0.2) is 10.8 Å². The van der Waals surface area contributed by atoms with E-state index < -0.39 is 5.41 Å². The molecule has 3 nitrogen and oxygen atoms in total. The predicted octanol–water partition coefficient (Wildman–Crippen LogP) is 4.05. The summed E-state index contributed by atoms with van der Waals surface area (Å²) in [6.45, 7) is 5.73. The van der Waals surface area contributed by atoms with Crippen LogP contribution in [0.5, 0.6) is 0 Å². The number of aromatic nitrogens is 1. The number of anilines is 2. The second-order valence-corrected chi connectivity index (χ2v) is 5.47. The minimum absolute atomic E-state index is 0.0824. The van der Waals surface area contributed by atoms with Crippen molar-refractivity contribution in [3.63, 3.8) is 0 Å². The van der Waals surface area contributed by atoms with Gasteiger partial charge in [-0.1, -0.05) is 39.0 Å². The topological polar surface area (TPSA) is 42.0 Å². The Kier molecular flexibility index (Phi) is 3.65. The molecule has 1 heterocycles. The number of hydrogen-bond acceptors (Lipinski definition) is 3. The Hall–Kier alpha value is -2.16. The number of carbonyl (C=O) groups excluding carboxylic acids is 1. The van der Waals surface area contributed by atoms with Gasteiger partial charge in [-0.15, -0.1) is 0 Å². The molecule has 0 saturated heterocycles. The quantitative estimate of drug-likeness (QED) is 0.840. The molecule has 0 fully saturated rings. The van der Waals surface area contributed by atoms with E-state index in [2.05, 4.69) is 10.3 Å². The molecule has 1 aromatic heterocycles. The highest BCUT2D eigenvalue weighted by molar-refractivity contribution is 6.04. The summed E-state index contributed by atoms with van der Waals surface area (Å²) < 4.78 is 0. The average molecular weight is 254 g/mol. The van der Waals surface area contributed by atoms with Gasteiger partial charge in [0.05, 0.1) is 5.56 Å². The van der Waals surface area contributed by atoms with E-state index in [1.54, 1.807) is 12.3 Å². The van der Waals surface area contributed by atoms with Crippen LogP contribution in [0.15, 0.2) is 48.7 Å². The van der Waals surface area contributed by atoms with E-state index in [1.165, 1.54) is 0 Å². The van der Waals surface area contributed by atoms with E-state index in [0.29, 0.717) is 11.4 Å². The van der Waals surface area contributed by atoms with Gasteiger partial charge in [-0.2, -0.15) is 0 Å². The summed E-state index contributed by atoms with van der Waals surface area (Å²) >= 11 is 0. The van der Waals surface area contributed by atoms with Crippen LogP contribution in [0.3, 0.4) is 0 Å². The van der Waals surface area contributed by atoms with Crippen LogP contribution in [0.25, 0.3) is 0 Å². The number of para-hydroxylation sites is 1. The summed E-state index contributed by atoms with van der Waals surface area (Å²) in [5.74, 6) is 0.688. The van der Waals surface area contributed by atoms with E-state index in [0.717, 1.165) is 5.69 Å². The Balaban J connectivity index is 2.35. The predicted molar refractivity (Wildman–Crippen MR) is 77.7 cm³/mol. The van der Waals surface area contributed by atoms with E-state index >= 15 is 0 Å². The van der Waals surface area contributed by atoms with Crippen LogP contribution in [-0.2, 0) is 0 Å². The summed E-state index contributed by atoms with van der Waals surface area (Å²) in [5.41, 5.74) is 1.12. The molecule has 0 bridgehead atoms. The van der Waals surface area contributed by atoms with Crippen molar-refractivity contribution in [3.05, 3.63) is 54.2 Å². The summed E-state index contributed by atoms with van der Waals surface area (Å²) in [6.07, 6.45) is 1.69. The zero-order valence-electron chi connectivity index (χ0n) is 11.5. The first-order chi connectivity index (χ1) is 8.98. The Bertz CT molecular complexity index is 571. The number of nitrogens with one attached hydrogen (secondary N) is 1. The molecular formula is C16H18N2O. The van der Waals surface area contributed by atoms with Crippen LogP contribution in [0.2, 0.25) is 0 Å². The molecule has 0 aliphatic heterocycles. The fourth-order valence-corrected chi connectivity index (χ4v) is 1.75. The van der Waals surface area contributed by atoms with Gasteiger partial charge in [0.2, 0.25) is 0 Å². The Morgan fingerprint density at radius 1 is 1.05 bits per heavy atom. The highest BCUT2D eigenvalue weighted by atomic mass is 16.1. The number of Topliss-reactive ketones (excluding diaryl/α,β-unsaturated/α-hetero) is 1. The number of ketones is 1. The molecule has 2 rings (SSSR count). The van der Waals surface area contributed by atoms with Crippen LogP contribution in [0.1, 0.15) is 31.1 Å². The van der Waals surface area contributed by atoms with Crippen molar-refractivity contribution >= 4 is 17.3 Å². The van der Waals surface area contributed by atoms with Gasteiger partial charge in [0.15, 0.2) is 5.78 Å². The molecule has 0 radical (unpaired) electrons. The maximum atomic E-state index is 12.4. The lowest BCUT2D eigenvalue weighted by atomic mass is 9.86. The third-order valence-electron chi connectivity index (χ3n) is 2.77. The molecule has 0 saturated carbocycles.